The number of halogens is 2. The number of hydrogen-bond acceptors (Lipinski definition) is 3. The first kappa shape index (κ1) is 14.6. The Bertz CT molecular complexity index is 595. The highest BCUT2D eigenvalue weighted by Crippen LogP contribution is 2.21. The van der Waals surface area contributed by atoms with Crippen molar-refractivity contribution in [3.63, 3.8) is 0 Å². The van der Waals surface area contributed by atoms with Crippen LogP contribution in [0.2, 0.25) is 0 Å². The summed E-state index contributed by atoms with van der Waals surface area (Å²) >= 11 is 0. The normalized spacial score (nSPS) is 12.7. The van der Waals surface area contributed by atoms with Crippen LogP contribution in [0.3, 0.4) is 0 Å². The molecule has 0 radical (unpaired) electrons. The molecule has 0 amide bonds. The van der Waals surface area contributed by atoms with Gasteiger partial charge in [0.05, 0.1) is 17.4 Å². The van der Waals surface area contributed by atoms with Crippen LogP contribution < -0.4 is 11.3 Å². The van der Waals surface area contributed by atoms with Gasteiger partial charge in [0, 0.05) is 6.54 Å². The molecule has 0 aliphatic heterocycles. The Morgan fingerprint density at radius 1 is 1.35 bits per heavy atom. The van der Waals surface area contributed by atoms with Gasteiger partial charge in [-0.15, -0.1) is 0 Å². The maximum absolute atomic E-state index is 13.7. The molecule has 3 N–H and O–H groups in total. The Balaban J connectivity index is 2.30. The van der Waals surface area contributed by atoms with E-state index in [-0.39, 0.29) is 18.0 Å². The molecule has 6 heteroatoms. The second-order valence-corrected chi connectivity index (χ2v) is 4.69. The molecule has 0 spiro atoms. The van der Waals surface area contributed by atoms with Gasteiger partial charge in [-0.1, -0.05) is 0 Å². The van der Waals surface area contributed by atoms with Crippen LogP contribution in [0, 0.1) is 18.6 Å². The van der Waals surface area contributed by atoms with Gasteiger partial charge in [-0.3, -0.25) is 16.0 Å². The predicted molar refractivity (Wildman–Crippen MR) is 72.8 cm³/mol. The molecule has 1 aromatic carbocycles. The smallest absolute Gasteiger partial charge is 0.126 e. The van der Waals surface area contributed by atoms with Crippen LogP contribution in [0.25, 0.3) is 0 Å². The van der Waals surface area contributed by atoms with Gasteiger partial charge >= 0.3 is 0 Å². The van der Waals surface area contributed by atoms with Gasteiger partial charge in [-0.05, 0) is 50.1 Å². The van der Waals surface area contributed by atoms with Crippen molar-refractivity contribution in [3.8, 4) is 0 Å². The number of benzene rings is 1. The molecule has 0 aliphatic rings. The van der Waals surface area contributed by atoms with Crippen molar-refractivity contribution in [2.24, 2.45) is 5.84 Å². The van der Waals surface area contributed by atoms with Crippen molar-refractivity contribution in [2.45, 2.75) is 32.9 Å². The number of nitrogens with zero attached hydrogens (tertiary/aromatic N) is 2. The third-order valence-corrected chi connectivity index (χ3v) is 3.22. The van der Waals surface area contributed by atoms with Crippen molar-refractivity contribution in [3.05, 3.63) is 52.9 Å². The van der Waals surface area contributed by atoms with E-state index in [9.17, 15) is 8.78 Å². The van der Waals surface area contributed by atoms with Crippen LogP contribution in [0.1, 0.15) is 29.9 Å². The molecule has 20 heavy (non-hydrogen) atoms. The zero-order valence-corrected chi connectivity index (χ0v) is 11.5. The minimum absolute atomic E-state index is 0.255. The van der Waals surface area contributed by atoms with Crippen molar-refractivity contribution in [2.75, 3.05) is 0 Å². The van der Waals surface area contributed by atoms with E-state index in [1.54, 1.807) is 4.68 Å². The van der Waals surface area contributed by atoms with Crippen molar-refractivity contribution >= 4 is 0 Å². The number of hydrogen-bond donors (Lipinski definition) is 2. The van der Waals surface area contributed by atoms with E-state index < -0.39 is 11.6 Å². The second-order valence-electron chi connectivity index (χ2n) is 4.69. The van der Waals surface area contributed by atoms with E-state index in [2.05, 4.69) is 10.5 Å². The quantitative estimate of drug-likeness (QED) is 0.652. The molecular formula is C14H18F2N4. The van der Waals surface area contributed by atoms with E-state index in [1.165, 1.54) is 6.07 Å². The molecule has 0 saturated carbocycles. The zero-order chi connectivity index (χ0) is 14.7. The summed E-state index contributed by atoms with van der Waals surface area (Å²) in [6, 6.07) is 4.99. The molecule has 0 bridgehead atoms. The maximum Gasteiger partial charge on any atom is 0.126 e. The summed E-state index contributed by atoms with van der Waals surface area (Å²) in [6.07, 6.45) is 0.255. The fourth-order valence-electron chi connectivity index (χ4n) is 2.27. The highest BCUT2D eigenvalue weighted by Gasteiger charge is 2.18. The Labute approximate surface area is 116 Å². The first-order valence-electron chi connectivity index (χ1n) is 6.49. The molecule has 1 unspecified atom stereocenters. The van der Waals surface area contributed by atoms with Gasteiger partial charge in [-0.2, -0.15) is 5.10 Å². The largest absolute Gasteiger partial charge is 0.271 e. The molecule has 2 rings (SSSR count). The molecule has 2 aromatic rings. The Hall–Kier alpha value is -1.79. The molecule has 1 heterocycles. The lowest BCUT2D eigenvalue weighted by Gasteiger charge is -2.17. The lowest BCUT2D eigenvalue weighted by molar-refractivity contribution is 0.478. The fourth-order valence-corrected chi connectivity index (χ4v) is 2.27. The standard InChI is InChI=1S/C14H18F2N4/c1-3-20-14(6-9(2)19-20)13(18-17)8-10-7-11(15)4-5-12(10)16/h4-7,13,18H,3,8,17H2,1-2H3. The summed E-state index contributed by atoms with van der Waals surface area (Å²) in [7, 11) is 0. The number of rotatable bonds is 5. The molecule has 4 nitrogen and oxygen atoms in total. The number of hydrazine groups is 1. The zero-order valence-electron chi connectivity index (χ0n) is 11.5. The number of nitrogens with two attached hydrogens (primary N) is 1. The topological polar surface area (TPSA) is 55.9 Å². The lowest BCUT2D eigenvalue weighted by atomic mass is 10.0. The summed E-state index contributed by atoms with van der Waals surface area (Å²) in [5.41, 5.74) is 4.66. The number of aromatic nitrogens is 2. The van der Waals surface area contributed by atoms with E-state index in [4.69, 9.17) is 5.84 Å². The highest BCUT2D eigenvalue weighted by molar-refractivity contribution is 5.23. The molecule has 1 atom stereocenters. The van der Waals surface area contributed by atoms with Gasteiger partial charge in [0.25, 0.3) is 0 Å². The maximum atomic E-state index is 13.7. The summed E-state index contributed by atoms with van der Waals surface area (Å²) < 4.78 is 28.7. The van der Waals surface area contributed by atoms with Crippen LogP contribution >= 0.6 is 0 Å². The van der Waals surface area contributed by atoms with Crippen LogP contribution in [0.5, 0.6) is 0 Å². The monoisotopic (exact) mass is 280 g/mol. The molecule has 0 aliphatic carbocycles. The molecule has 0 fully saturated rings. The van der Waals surface area contributed by atoms with Crippen LogP contribution in [-0.4, -0.2) is 9.78 Å². The summed E-state index contributed by atoms with van der Waals surface area (Å²) in [4.78, 5) is 0. The molecular weight excluding hydrogens is 262 g/mol. The van der Waals surface area contributed by atoms with Gasteiger partial charge in [0.1, 0.15) is 11.6 Å². The first-order chi connectivity index (χ1) is 9.55. The SMILES string of the molecule is CCn1nc(C)cc1C(Cc1cc(F)ccc1F)NN. The summed E-state index contributed by atoms with van der Waals surface area (Å²) in [5.74, 6) is 4.67. The van der Waals surface area contributed by atoms with Crippen molar-refractivity contribution in [1.82, 2.24) is 15.2 Å². The molecule has 108 valence electrons. The van der Waals surface area contributed by atoms with Gasteiger partial charge < -0.3 is 0 Å². The Morgan fingerprint density at radius 2 is 2.10 bits per heavy atom. The van der Waals surface area contributed by atoms with Crippen LogP contribution in [0.4, 0.5) is 8.78 Å². The third kappa shape index (κ3) is 3.02. The third-order valence-electron chi connectivity index (χ3n) is 3.22. The number of nitrogens with one attached hydrogen (secondary N) is 1. The minimum Gasteiger partial charge on any atom is -0.271 e. The Kier molecular flexibility index (Phi) is 4.46. The summed E-state index contributed by atoms with van der Waals surface area (Å²) in [6.45, 7) is 4.53. The van der Waals surface area contributed by atoms with E-state index >= 15 is 0 Å². The van der Waals surface area contributed by atoms with Crippen molar-refractivity contribution < 1.29 is 8.78 Å². The van der Waals surface area contributed by atoms with E-state index in [1.807, 2.05) is 19.9 Å². The molecule has 0 saturated heterocycles. The minimum atomic E-state index is -0.461. The average Bonchev–Trinajstić information content (AvgIpc) is 2.80. The lowest BCUT2D eigenvalue weighted by Crippen LogP contribution is -2.31. The summed E-state index contributed by atoms with van der Waals surface area (Å²) in [5, 5.41) is 4.33. The van der Waals surface area contributed by atoms with Crippen molar-refractivity contribution in [1.29, 1.82) is 0 Å². The second kappa shape index (κ2) is 6.11. The Morgan fingerprint density at radius 3 is 2.75 bits per heavy atom. The predicted octanol–water partition coefficient (Wildman–Crippen LogP) is 2.24. The fraction of sp³-hybridized carbons (Fsp3) is 0.357. The van der Waals surface area contributed by atoms with E-state index in [0.717, 1.165) is 23.5 Å². The number of aryl methyl sites for hydroxylation is 2. The molecule has 1 aromatic heterocycles. The first-order valence-corrected chi connectivity index (χ1v) is 6.49. The van der Waals surface area contributed by atoms with Crippen LogP contribution in [0.15, 0.2) is 24.3 Å². The van der Waals surface area contributed by atoms with Crippen LogP contribution in [-0.2, 0) is 13.0 Å². The van der Waals surface area contributed by atoms with Gasteiger partial charge in [-0.25, -0.2) is 8.78 Å². The van der Waals surface area contributed by atoms with Gasteiger partial charge in [0.15, 0.2) is 0 Å². The highest BCUT2D eigenvalue weighted by atomic mass is 19.1. The average molecular weight is 280 g/mol. The van der Waals surface area contributed by atoms with Gasteiger partial charge in [0.2, 0.25) is 0 Å². The van der Waals surface area contributed by atoms with E-state index in [0.29, 0.717) is 6.54 Å².